The van der Waals surface area contributed by atoms with Gasteiger partial charge in [0.15, 0.2) is 0 Å². The molecule has 1 aromatic heterocycles. The maximum atomic E-state index is 5.91. The highest BCUT2D eigenvalue weighted by molar-refractivity contribution is 6.30. The highest BCUT2D eigenvalue weighted by Crippen LogP contribution is 2.23. The van der Waals surface area contributed by atoms with Gasteiger partial charge in [0.05, 0.1) is 0 Å². The van der Waals surface area contributed by atoms with Gasteiger partial charge in [0, 0.05) is 16.8 Å². The molecule has 0 bridgehead atoms. The van der Waals surface area contributed by atoms with E-state index in [-0.39, 0.29) is 0 Å². The molecule has 0 spiro atoms. The smallest absolute Gasteiger partial charge is 0.129 e. The molecule has 4 heteroatoms. The van der Waals surface area contributed by atoms with E-state index in [1.807, 2.05) is 31.2 Å². The fraction of sp³-hybridized carbons (Fsp3) is 0.154. The molecule has 0 saturated heterocycles. The van der Waals surface area contributed by atoms with Crippen LogP contribution < -0.4 is 10.5 Å². The van der Waals surface area contributed by atoms with E-state index >= 15 is 0 Å². The number of nitrogens with two attached hydrogens (primary N) is 1. The van der Waals surface area contributed by atoms with Crippen molar-refractivity contribution in [3.8, 4) is 5.75 Å². The summed E-state index contributed by atoms with van der Waals surface area (Å²) < 4.78 is 5.68. The number of ether oxygens (including phenoxy) is 1. The molecule has 3 nitrogen and oxygen atoms in total. The summed E-state index contributed by atoms with van der Waals surface area (Å²) in [4.78, 5) is 4.00. The minimum atomic E-state index is 0.390. The van der Waals surface area contributed by atoms with Crippen molar-refractivity contribution in [2.75, 3.05) is 5.73 Å². The Bertz CT molecular complexity index is 529. The summed E-state index contributed by atoms with van der Waals surface area (Å²) in [6.07, 6.45) is 1.66. The van der Waals surface area contributed by atoms with Crippen LogP contribution >= 0.6 is 11.6 Å². The molecule has 0 unspecified atom stereocenters. The van der Waals surface area contributed by atoms with Crippen molar-refractivity contribution in [3.05, 3.63) is 52.7 Å². The zero-order valence-corrected chi connectivity index (χ0v) is 10.2. The van der Waals surface area contributed by atoms with Crippen LogP contribution in [-0.4, -0.2) is 4.98 Å². The normalized spacial score (nSPS) is 10.2. The average molecular weight is 249 g/mol. The van der Waals surface area contributed by atoms with E-state index in [1.165, 1.54) is 0 Å². The Morgan fingerprint density at radius 1 is 1.35 bits per heavy atom. The molecule has 17 heavy (non-hydrogen) atoms. The Kier molecular flexibility index (Phi) is 3.49. The second-order valence-electron chi connectivity index (χ2n) is 3.75. The first kappa shape index (κ1) is 11.7. The first-order valence-electron chi connectivity index (χ1n) is 5.25. The lowest BCUT2D eigenvalue weighted by Crippen LogP contribution is -2.02. The maximum absolute atomic E-state index is 5.91. The van der Waals surface area contributed by atoms with Gasteiger partial charge in [-0.05, 0) is 30.7 Å². The van der Waals surface area contributed by atoms with Crippen molar-refractivity contribution >= 4 is 17.4 Å². The van der Waals surface area contributed by atoms with Crippen molar-refractivity contribution in [3.63, 3.8) is 0 Å². The number of benzene rings is 1. The molecule has 2 rings (SSSR count). The first-order valence-corrected chi connectivity index (χ1v) is 5.63. The molecule has 1 heterocycles. The third-order valence-electron chi connectivity index (χ3n) is 2.46. The van der Waals surface area contributed by atoms with Crippen LogP contribution in [0.5, 0.6) is 5.75 Å². The minimum absolute atomic E-state index is 0.390. The number of anilines is 1. The Morgan fingerprint density at radius 2 is 2.18 bits per heavy atom. The molecule has 0 fully saturated rings. The van der Waals surface area contributed by atoms with Crippen molar-refractivity contribution in [1.29, 1.82) is 0 Å². The van der Waals surface area contributed by atoms with E-state index < -0.39 is 0 Å². The number of nitrogens with zero attached hydrogens (tertiary/aromatic N) is 1. The van der Waals surface area contributed by atoms with Crippen LogP contribution in [0, 0.1) is 6.92 Å². The first-order chi connectivity index (χ1) is 8.16. The quantitative estimate of drug-likeness (QED) is 0.907. The summed E-state index contributed by atoms with van der Waals surface area (Å²) in [6.45, 7) is 2.36. The molecular weight excluding hydrogens is 236 g/mol. The van der Waals surface area contributed by atoms with Gasteiger partial charge in [-0.2, -0.15) is 0 Å². The van der Waals surface area contributed by atoms with Crippen LogP contribution in [0.4, 0.5) is 5.82 Å². The third kappa shape index (κ3) is 2.88. The number of aromatic nitrogens is 1. The summed E-state index contributed by atoms with van der Waals surface area (Å²) >= 11 is 5.91. The molecule has 88 valence electrons. The van der Waals surface area contributed by atoms with E-state index in [4.69, 9.17) is 22.1 Å². The van der Waals surface area contributed by atoms with Crippen LogP contribution in [0.15, 0.2) is 36.5 Å². The molecule has 0 aliphatic carbocycles. The van der Waals surface area contributed by atoms with Crippen LogP contribution in [0.3, 0.4) is 0 Å². The van der Waals surface area contributed by atoms with Gasteiger partial charge in [0.2, 0.25) is 0 Å². The number of nitrogen functional groups attached to an aromatic ring is 1. The average Bonchev–Trinajstić information content (AvgIpc) is 2.32. The number of pyridine rings is 1. The molecule has 2 aromatic rings. The number of aryl methyl sites for hydroxylation is 1. The minimum Gasteiger partial charge on any atom is -0.488 e. The highest BCUT2D eigenvalue weighted by Gasteiger charge is 2.03. The summed E-state index contributed by atoms with van der Waals surface area (Å²) in [7, 11) is 0. The van der Waals surface area contributed by atoms with Crippen molar-refractivity contribution < 1.29 is 4.74 Å². The van der Waals surface area contributed by atoms with Gasteiger partial charge in [-0.1, -0.05) is 23.7 Å². The van der Waals surface area contributed by atoms with Crippen molar-refractivity contribution in [2.45, 2.75) is 13.5 Å². The van der Waals surface area contributed by atoms with Crippen LogP contribution in [0.2, 0.25) is 5.02 Å². The van der Waals surface area contributed by atoms with Gasteiger partial charge in [-0.3, -0.25) is 0 Å². The van der Waals surface area contributed by atoms with E-state index in [9.17, 15) is 0 Å². The SMILES string of the molecule is Cc1ccc(Cl)cc1OCc1cccnc1N. The van der Waals surface area contributed by atoms with E-state index in [0.717, 1.165) is 16.9 Å². The lowest BCUT2D eigenvalue weighted by atomic mass is 10.2. The monoisotopic (exact) mass is 248 g/mol. The molecule has 0 atom stereocenters. The fourth-order valence-corrected chi connectivity index (χ4v) is 1.62. The van der Waals surface area contributed by atoms with Gasteiger partial charge in [-0.25, -0.2) is 4.98 Å². The molecule has 1 aromatic carbocycles. The number of hydrogen-bond acceptors (Lipinski definition) is 3. The Labute approximate surface area is 105 Å². The number of hydrogen-bond donors (Lipinski definition) is 1. The topological polar surface area (TPSA) is 48.1 Å². The Balaban J connectivity index is 2.12. The highest BCUT2D eigenvalue weighted by atomic mass is 35.5. The predicted molar refractivity (Wildman–Crippen MR) is 69.2 cm³/mol. The van der Waals surface area contributed by atoms with Crippen molar-refractivity contribution in [1.82, 2.24) is 4.98 Å². The van der Waals surface area contributed by atoms with Crippen molar-refractivity contribution in [2.24, 2.45) is 0 Å². The second kappa shape index (κ2) is 5.06. The standard InChI is InChI=1S/C13H13ClN2O/c1-9-4-5-11(14)7-12(9)17-8-10-3-2-6-16-13(10)15/h2-7H,8H2,1H3,(H2,15,16). The largest absolute Gasteiger partial charge is 0.488 e. The van der Waals surface area contributed by atoms with E-state index in [2.05, 4.69) is 4.98 Å². The Hall–Kier alpha value is -1.74. The molecule has 0 aliphatic heterocycles. The molecule has 0 radical (unpaired) electrons. The van der Waals surface area contributed by atoms with Gasteiger partial charge in [0.25, 0.3) is 0 Å². The summed E-state index contributed by atoms with van der Waals surface area (Å²) in [5.74, 6) is 1.26. The van der Waals surface area contributed by atoms with Crippen LogP contribution in [-0.2, 0) is 6.61 Å². The maximum Gasteiger partial charge on any atom is 0.129 e. The van der Waals surface area contributed by atoms with Crippen LogP contribution in [0.25, 0.3) is 0 Å². The summed E-state index contributed by atoms with van der Waals surface area (Å²) in [5.41, 5.74) is 7.64. The fourth-order valence-electron chi connectivity index (χ4n) is 1.46. The number of halogens is 1. The van der Waals surface area contributed by atoms with Gasteiger partial charge >= 0.3 is 0 Å². The molecule has 2 N–H and O–H groups in total. The summed E-state index contributed by atoms with van der Waals surface area (Å²) in [6, 6.07) is 9.28. The molecule has 0 amide bonds. The lowest BCUT2D eigenvalue weighted by molar-refractivity contribution is 0.304. The van der Waals surface area contributed by atoms with E-state index in [1.54, 1.807) is 12.3 Å². The lowest BCUT2D eigenvalue weighted by Gasteiger charge is -2.10. The zero-order valence-electron chi connectivity index (χ0n) is 9.48. The van der Waals surface area contributed by atoms with E-state index in [0.29, 0.717) is 17.4 Å². The van der Waals surface area contributed by atoms with Gasteiger partial charge in [0.1, 0.15) is 18.2 Å². The van der Waals surface area contributed by atoms with Gasteiger partial charge < -0.3 is 10.5 Å². The second-order valence-corrected chi connectivity index (χ2v) is 4.18. The number of rotatable bonds is 3. The summed E-state index contributed by atoms with van der Waals surface area (Å²) in [5, 5.41) is 0.657. The molecule has 0 aliphatic rings. The van der Waals surface area contributed by atoms with Crippen LogP contribution in [0.1, 0.15) is 11.1 Å². The zero-order chi connectivity index (χ0) is 12.3. The predicted octanol–water partition coefficient (Wildman–Crippen LogP) is 3.20. The van der Waals surface area contributed by atoms with Gasteiger partial charge in [-0.15, -0.1) is 0 Å². The molecule has 0 saturated carbocycles. The third-order valence-corrected chi connectivity index (χ3v) is 2.69. The Morgan fingerprint density at radius 3 is 2.94 bits per heavy atom. The molecular formula is C13H13ClN2O.